The van der Waals surface area contributed by atoms with Crippen LogP contribution in [-0.2, 0) is 11.3 Å². The molecule has 0 saturated heterocycles. The summed E-state index contributed by atoms with van der Waals surface area (Å²) < 4.78 is 5.00. The van der Waals surface area contributed by atoms with E-state index in [1.165, 1.54) is 11.1 Å². The first kappa shape index (κ1) is 11.6. The largest absolute Gasteiger partial charge is 0.359 e. The van der Waals surface area contributed by atoms with Gasteiger partial charge < -0.3 is 4.52 Å². The van der Waals surface area contributed by atoms with Gasteiger partial charge in [-0.05, 0) is 31.0 Å². The Morgan fingerprint density at radius 2 is 2.05 bits per heavy atom. The van der Waals surface area contributed by atoms with Crippen LogP contribution in [0.5, 0.6) is 0 Å². The first-order chi connectivity index (χ1) is 9.08. The maximum Gasteiger partial charge on any atom is 0.299 e. The number of fused-ring (bicyclic) bond motifs is 1. The van der Waals surface area contributed by atoms with Crippen molar-refractivity contribution in [2.24, 2.45) is 0 Å². The molecular weight excluding hydrogens is 244 g/mol. The zero-order chi connectivity index (χ0) is 13.6. The summed E-state index contributed by atoms with van der Waals surface area (Å²) in [6.07, 6.45) is 1.51. The Bertz CT molecular complexity index is 674. The molecule has 1 aromatic heterocycles. The molecule has 2 aromatic rings. The molecule has 1 amide bonds. The van der Waals surface area contributed by atoms with E-state index in [2.05, 4.69) is 5.16 Å². The summed E-state index contributed by atoms with van der Waals surface area (Å²) in [6.45, 7) is 4.00. The van der Waals surface area contributed by atoms with E-state index < -0.39 is 11.7 Å². The Kier molecular flexibility index (Phi) is 2.48. The summed E-state index contributed by atoms with van der Waals surface area (Å²) in [5, 5.41) is 3.60. The van der Waals surface area contributed by atoms with E-state index >= 15 is 0 Å². The van der Waals surface area contributed by atoms with Crippen LogP contribution in [0.4, 0.5) is 5.69 Å². The highest BCUT2D eigenvalue weighted by Crippen LogP contribution is 2.33. The topological polar surface area (TPSA) is 63.4 Å². The minimum absolute atomic E-state index is 0.223. The Balaban J connectivity index is 2.09. The van der Waals surface area contributed by atoms with E-state index in [0.717, 1.165) is 11.1 Å². The second-order valence-corrected chi connectivity index (χ2v) is 4.68. The van der Waals surface area contributed by atoms with E-state index in [1.807, 2.05) is 26.0 Å². The second-order valence-electron chi connectivity index (χ2n) is 4.68. The van der Waals surface area contributed by atoms with Gasteiger partial charge in [-0.15, -0.1) is 0 Å². The number of benzene rings is 1. The van der Waals surface area contributed by atoms with Crippen molar-refractivity contribution in [1.82, 2.24) is 5.16 Å². The number of hydrogen-bond acceptors (Lipinski definition) is 4. The van der Waals surface area contributed by atoms with Crippen molar-refractivity contribution in [2.75, 3.05) is 4.90 Å². The number of hydrogen-bond donors (Lipinski definition) is 0. The van der Waals surface area contributed by atoms with Crippen LogP contribution in [0.15, 0.2) is 28.9 Å². The van der Waals surface area contributed by atoms with Gasteiger partial charge in [0, 0.05) is 6.07 Å². The molecule has 0 fully saturated rings. The van der Waals surface area contributed by atoms with Gasteiger partial charge in [-0.2, -0.15) is 0 Å². The van der Waals surface area contributed by atoms with E-state index in [0.29, 0.717) is 17.0 Å². The third-order valence-corrected chi connectivity index (χ3v) is 3.22. The van der Waals surface area contributed by atoms with Gasteiger partial charge in [0.15, 0.2) is 5.76 Å². The van der Waals surface area contributed by atoms with Crippen molar-refractivity contribution in [3.05, 3.63) is 46.8 Å². The van der Waals surface area contributed by atoms with Crippen LogP contribution < -0.4 is 4.90 Å². The summed E-state index contributed by atoms with van der Waals surface area (Å²) in [6, 6.07) is 5.43. The molecule has 0 unspecified atom stereocenters. The molecule has 0 radical (unpaired) electrons. The lowest BCUT2D eigenvalue weighted by molar-refractivity contribution is -0.114. The van der Waals surface area contributed by atoms with Gasteiger partial charge in [0.2, 0.25) is 0 Å². The monoisotopic (exact) mass is 256 g/mol. The predicted molar refractivity (Wildman–Crippen MR) is 67.9 cm³/mol. The molecule has 5 heteroatoms. The Morgan fingerprint density at radius 1 is 1.26 bits per heavy atom. The third-order valence-electron chi connectivity index (χ3n) is 3.22. The van der Waals surface area contributed by atoms with Crippen molar-refractivity contribution < 1.29 is 14.1 Å². The molecule has 0 atom stereocenters. The van der Waals surface area contributed by atoms with Crippen molar-refractivity contribution in [3.63, 3.8) is 0 Å². The molecule has 1 aromatic carbocycles. The molecule has 0 bridgehead atoms. The number of ketones is 1. The van der Waals surface area contributed by atoms with Gasteiger partial charge in [0.25, 0.3) is 11.7 Å². The van der Waals surface area contributed by atoms with Gasteiger partial charge in [0.1, 0.15) is 0 Å². The van der Waals surface area contributed by atoms with Crippen LogP contribution in [0.1, 0.15) is 27.2 Å². The van der Waals surface area contributed by atoms with E-state index in [1.54, 1.807) is 6.07 Å². The van der Waals surface area contributed by atoms with Crippen molar-refractivity contribution in [3.8, 4) is 0 Å². The zero-order valence-electron chi connectivity index (χ0n) is 10.6. The Morgan fingerprint density at radius 3 is 2.74 bits per heavy atom. The van der Waals surface area contributed by atoms with Crippen LogP contribution in [0, 0.1) is 13.8 Å². The molecule has 0 N–H and O–H groups in total. The predicted octanol–water partition coefficient (Wildman–Crippen LogP) is 2.02. The summed E-state index contributed by atoms with van der Waals surface area (Å²) in [4.78, 5) is 25.5. The van der Waals surface area contributed by atoms with Crippen molar-refractivity contribution >= 4 is 17.4 Å². The number of amides is 1. The molecule has 0 aliphatic carbocycles. The minimum Gasteiger partial charge on any atom is -0.359 e. The summed E-state index contributed by atoms with van der Waals surface area (Å²) >= 11 is 0. The molecule has 96 valence electrons. The minimum atomic E-state index is -0.514. The molecule has 1 aliphatic heterocycles. The standard InChI is InChI=1S/C14H12N2O3/c1-8-5-9(2)12-11(6-8)16(14(18)13(12)17)7-10-3-4-15-19-10/h3-6H,7H2,1-2H3. The molecule has 0 spiro atoms. The van der Waals surface area contributed by atoms with E-state index in [9.17, 15) is 9.59 Å². The highest BCUT2D eigenvalue weighted by atomic mass is 16.5. The SMILES string of the molecule is Cc1cc(C)c2c(c1)N(Cc1ccno1)C(=O)C2=O. The molecule has 19 heavy (non-hydrogen) atoms. The quantitative estimate of drug-likeness (QED) is 0.771. The maximum absolute atomic E-state index is 12.1. The second kappa shape index (κ2) is 4.05. The Labute approximate surface area is 109 Å². The van der Waals surface area contributed by atoms with Gasteiger partial charge in [-0.1, -0.05) is 11.2 Å². The van der Waals surface area contributed by atoms with Gasteiger partial charge in [-0.25, -0.2) is 0 Å². The molecule has 3 rings (SSSR count). The first-order valence-corrected chi connectivity index (χ1v) is 5.95. The van der Waals surface area contributed by atoms with Crippen LogP contribution >= 0.6 is 0 Å². The lowest BCUT2D eigenvalue weighted by Crippen LogP contribution is -2.28. The molecule has 1 aliphatic rings. The average molecular weight is 256 g/mol. The first-order valence-electron chi connectivity index (χ1n) is 5.95. The molecule has 2 heterocycles. The van der Waals surface area contributed by atoms with E-state index in [-0.39, 0.29) is 6.54 Å². The fraction of sp³-hybridized carbons (Fsp3) is 0.214. The number of carbonyl (C=O) groups is 2. The summed E-state index contributed by atoms with van der Waals surface area (Å²) in [7, 11) is 0. The summed E-state index contributed by atoms with van der Waals surface area (Å²) in [5.74, 6) is -0.416. The highest BCUT2D eigenvalue weighted by Gasteiger charge is 2.37. The fourth-order valence-electron chi connectivity index (χ4n) is 2.43. The number of aromatic nitrogens is 1. The number of nitrogens with zero attached hydrogens (tertiary/aromatic N) is 2. The van der Waals surface area contributed by atoms with Crippen LogP contribution in [0.25, 0.3) is 0 Å². The van der Waals surface area contributed by atoms with Gasteiger partial charge in [0.05, 0.1) is 24.0 Å². The number of Topliss-reactive ketones (excluding diaryl/α,β-unsaturated/α-hetero) is 1. The number of carbonyl (C=O) groups excluding carboxylic acids is 2. The molecular formula is C14H12N2O3. The number of anilines is 1. The average Bonchev–Trinajstić information content (AvgIpc) is 2.93. The normalized spacial score (nSPS) is 14.1. The lowest BCUT2D eigenvalue weighted by Gasteiger charge is -2.15. The van der Waals surface area contributed by atoms with Crippen molar-refractivity contribution in [2.45, 2.75) is 20.4 Å². The van der Waals surface area contributed by atoms with Crippen LogP contribution in [-0.4, -0.2) is 16.8 Å². The van der Waals surface area contributed by atoms with Gasteiger partial charge in [-0.3, -0.25) is 14.5 Å². The molecule has 5 nitrogen and oxygen atoms in total. The van der Waals surface area contributed by atoms with Crippen molar-refractivity contribution in [1.29, 1.82) is 0 Å². The lowest BCUT2D eigenvalue weighted by atomic mass is 10.0. The number of rotatable bonds is 2. The van der Waals surface area contributed by atoms with Gasteiger partial charge >= 0.3 is 0 Å². The van der Waals surface area contributed by atoms with E-state index in [4.69, 9.17) is 4.52 Å². The third kappa shape index (κ3) is 1.74. The maximum atomic E-state index is 12.1. The zero-order valence-corrected chi connectivity index (χ0v) is 10.6. The fourth-order valence-corrected chi connectivity index (χ4v) is 2.43. The molecule has 0 saturated carbocycles. The Hall–Kier alpha value is -2.43. The van der Waals surface area contributed by atoms with Crippen LogP contribution in [0.2, 0.25) is 0 Å². The van der Waals surface area contributed by atoms with Crippen LogP contribution in [0.3, 0.4) is 0 Å². The summed E-state index contributed by atoms with van der Waals surface area (Å²) in [5.41, 5.74) is 2.99. The number of aryl methyl sites for hydroxylation is 2. The smallest absolute Gasteiger partial charge is 0.299 e. The highest BCUT2D eigenvalue weighted by molar-refractivity contribution is 6.52.